The largest absolute Gasteiger partial charge is 0.359 e. The minimum Gasteiger partial charge on any atom is -0.359 e. The fourth-order valence-electron chi connectivity index (χ4n) is 1.55. The summed E-state index contributed by atoms with van der Waals surface area (Å²) in [6.45, 7) is 4.17. The van der Waals surface area contributed by atoms with Crippen molar-refractivity contribution in [1.29, 1.82) is 0 Å². The zero-order valence-electron chi connectivity index (χ0n) is 10.6. The highest BCUT2D eigenvalue weighted by atomic mass is 16.2. The molecular weight excluding hydrogens is 206 g/mol. The highest BCUT2D eigenvalue weighted by molar-refractivity contribution is 5.83. The lowest BCUT2D eigenvalue weighted by Crippen LogP contribution is -2.45. The van der Waals surface area contributed by atoms with Crippen molar-refractivity contribution in [2.24, 2.45) is 11.7 Å². The Labute approximate surface area is 97.4 Å². The fourth-order valence-corrected chi connectivity index (χ4v) is 1.55. The normalized spacial score (nSPS) is 14.1. The summed E-state index contributed by atoms with van der Waals surface area (Å²) < 4.78 is 0. The SMILES string of the molecule is CCC[C@@H](N)C(=O)N(C)CC(C)C(=O)NC. The third-order valence-corrected chi connectivity index (χ3v) is 2.53. The van der Waals surface area contributed by atoms with Crippen LogP contribution in [-0.2, 0) is 9.59 Å². The van der Waals surface area contributed by atoms with Crippen molar-refractivity contribution >= 4 is 11.8 Å². The smallest absolute Gasteiger partial charge is 0.239 e. The second-order valence-corrected chi connectivity index (χ2v) is 4.13. The Morgan fingerprint density at radius 3 is 2.44 bits per heavy atom. The first-order valence-corrected chi connectivity index (χ1v) is 5.66. The van der Waals surface area contributed by atoms with Crippen LogP contribution in [0.1, 0.15) is 26.7 Å². The number of hydrogen-bond donors (Lipinski definition) is 2. The molecule has 1 unspecified atom stereocenters. The molecule has 0 heterocycles. The van der Waals surface area contributed by atoms with Crippen molar-refractivity contribution in [2.45, 2.75) is 32.7 Å². The monoisotopic (exact) mass is 229 g/mol. The zero-order valence-corrected chi connectivity index (χ0v) is 10.6. The Bertz CT molecular complexity index is 243. The summed E-state index contributed by atoms with van der Waals surface area (Å²) in [6, 6.07) is -0.452. The molecule has 0 saturated carbocycles. The van der Waals surface area contributed by atoms with Crippen LogP contribution < -0.4 is 11.1 Å². The molecule has 94 valence electrons. The number of rotatable bonds is 6. The van der Waals surface area contributed by atoms with E-state index >= 15 is 0 Å². The van der Waals surface area contributed by atoms with Gasteiger partial charge in [0.25, 0.3) is 0 Å². The van der Waals surface area contributed by atoms with E-state index in [1.165, 1.54) is 4.90 Å². The lowest BCUT2D eigenvalue weighted by molar-refractivity contribution is -0.133. The van der Waals surface area contributed by atoms with E-state index in [4.69, 9.17) is 5.73 Å². The van der Waals surface area contributed by atoms with E-state index in [2.05, 4.69) is 5.32 Å². The molecule has 0 saturated heterocycles. The Kier molecular flexibility index (Phi) is 6.72. The summed E-state index contributed by atoms with van der Waals surface area (Å²) >= 11 is 0. The Morgan fingerprint density at radius 2 is 2.00 bits per heavy atom. The predicted molar refractivity (Wildman–Crippen MR) is 63.8 cm³/mol. The van der Waals surface area contributed by atoms with Crippen molar-refractivity contribution in [3.8, 4) is 0 Å². The van der Waals surface area contributed by atoms with Gasteiger partial charge in [-0.2, -0.15) is 0 Å². The van der Waals surface area contributed by atoms with Crippen LogP contribution in [0.15, 0.2) is 0 Å². The van der Waals surface area contributed by atoms with E-state index in [1.807, 2.05) is 6.92 Å². The molecule has 0 aliphatic rings. The summed E-state index contributed by atoms with van der Waals surface area (Å²) in [4.78, 5) is 24.6. The van der Waals surface area contributed by atoms with E-state index in [1.54, 1.807) is 21.0 Å². The average molecular weight is 229 g/mol. The van der Waals surface area contributed by atoms with Crippen LogP contribution >= 0.6 is 0 Å². The number of likely N-dealkylation sites (N-methyl/N-ethyl adjacent to an activating group) is 1. The molecule has 16 heavy (non-hydrogen) atoms. The summed E-state index contributed by atoms with van der Waals surface area (Å²) in [7, 11) is 3.26. The molecule has 2 amide bonds. The molecule has 0 aliphatic carbocycles. The first-order valence-electron chi connectivity index (χ1n) is 5.66. The molecule has 0 fully saturated rings. The van der Waals surface area contributed by atoms with Crippen LogP contribution in [-0.4, -0.2) is 43.4 Å². The molecule has 2 atom stereocenters. The summed E-state index contributed by atoms with van der Waals surface area (Å²) in [6.07, 6.45) is 1.56. The van der Waals surface area contributed by atoms with Crippen LogP contribution in [0, 0.1) is 5.92 Å². The minimum atomic E-state index is -0.452. The minimum absolute atomic E-state index is 0.0660. The van der Waals surface area contributed by atoms with Crippen LogP contribution in [0.5, 0.6) is 0 Å². The Morgan fingerprint density at radius 1 is 1.44 bits per heavy atom. The second kappa shape index (κ2) is 7.22. The van der Waals surface area contributed by atoms with Crippen LogP contribution in [0.2, 0.25) is 0 Å². The predicted octanol–water partition coefficient (Wildman–Crippen LogP) is -0.0457. The van der Waals surface area contributed by atoms with Gasteiger partial charge in [0.15, 0.2) is 0 Å². The number of nitrogens with one attached hydrogen (secondary N) is 1. The van der Waals surface area contributed by atoms with Crippen LogP contribution in [0.4, 0.5) is 0 Å². The quantitative estimate of drug-likeness (QED) is 0.671. The summed E-state index contributed by atoms with van der Waals surface area (Å²) in [5, 5.41) is 2.56. The van der Waals surface area contributed by atoms with E-state index in [-0.39, 0.29) is 17.7 Å². The van der Waals surface area contributed by atoms with Gasteiger partial charge < -0.3 is 16.0 Å². The third-order valence-electron chi connectivity index (χ3n) is 2.53. The van der Waals surface area contributed by atoms with Gasteiger partial charge in [-0.15, -0.1) is 0 Å². The molecule has 0 aromatic carbocycles. The van der Waals surface area contributed by atoms with Crippen LogP contribution in [0.25, 0.3) is 0 Å². The van der Waals surface area contributed by atoms with E-state index in [0.29, 0.717) is 13.0 Å². The molecular formula is C11H23N3O2. The molecule has 0 aliphatic heterocycles. The van der Waals surface area contributed by atoms with Gasteiger partial charge in [-0.05, 0) is 6.42 Å². The maximum atomic E-state index is 11.7. The van der Waals surface area contributed by atoms with E-state index < -0.39 is 6.04 Å². The average Bonchev–Trinajstić information content (AvgIpc) is 2.26. The number of nitrogens with two attached hydrogens (primary N) is 1. The third kappa shape index (κ3) is 4.61. The van der Waals surface area contributed by atoms with E-state index in [0.717, 1.165) is 6.42 Å². The lowest BCUT2D eigenvalue weighted by Gasteiger charge is -2.23. The Balaban J connectivity index is 4.19. The van der Waals surface area contributed by atoms with Gasteiger partial charge in [-0.1, -0.05) is 20.3 Å². The molecule has 0 aromatic heterocycles. The molecule has 3 N–H and O–H groups in total. The van der Waals surface area contributed by atoms with Crippen molar-refractivity contribution < 1.29 is 9.59 Å². The highest BCUT2D eigenvalue weighted by Gasteiger charge is 2.21. The van der Waals surface area contributed by atoms with Gasteiger partial charge in [-0.25, -0.2) is 0 Å². The molecule has 0 rings (SSSR count). The fraction of sp³-hybridized carbons (Fsp3) is 0.818. The summed E-state index contributed by atoms with van der Waals surface area (Å²) in [5.41, 5.74) is 5.72. The molecule has 5 nitrogen and oxygen atoms in total. The highest BCUT2D eigenvalue weighted by Crippen LogP contribution is 2.02. The van der Waals surface area contributed by atoms with Gasteiger partial charge in [-0.3, -0.25) is 9.59 Å². The van der Waals surface area contributed by atoms with Crippen molar-refractivity contribution in [3.05, 3.63) is 0 Å². The number of amides is 2. The number of hydrogen-bond acceptors (Lipinski definition) is 3. The molecule has 0 bridgehead atoms. The van der Waals surface area contributed by atoms with Gasteiger partial charge in [0.1, 0.15) is 0 Å². The molecule has 0 radical (unpaired) electrons. The first kappa shape index (κ1) is 14.9. The van der Waals surface area contributed by atoms with Gasteiger partial charge in [0.05, 0.1) is 12.0 Å². The van der Waals surface area contributed by atoms with Gasteiger partial charge in [0.2, 0.25) is 11.8 Å². The van der Waals surface area contributed by atoms with Gasteiger partial charge >= 0.3 is 0 Å². The topological polar surface area (TPSA) is 75.4 Å². The standard InChI is InChI=1S/C11H23N3O2/c1-5-6-9(12)11(16)14(4)7-8(2)10(15)13-3/h8-9H,5-7,12H2,1-4H3,(H,13,15)/t8?,9-/m1/s1. The number of nitrogens with zero attached hydrogens (tertiary/aromatic N) is 1. The Hall–Kier alpha value is -1.10. The second-order valence-electron chi connectivity index (χ2n) is 4.13. The first-order chi connectivity index (χ1) is 7.43. The maximum Gasteiger partial charge on any atom is 0.239 e. The van der Waals surface area contributed by atoms with Gasteiger partial charge in [0, 0.05) is 20.6 Å². The maximum absolute atomic E-state index is 11.7. The molecule has 0 aromatic rings. The molecule has 5 heteroatoms. The van der Waals surface area contributed by atoms with Crippen LogP contribution in [0.3, 0.4) is 0 Å². The van der Waals surface area contributed by atoms with Crippen molar-refractivity contribution in [3.63, 3.8) is 0 Å². The number of carbonyl (C=O) groups is 2. The van der Waals surface area contributed by atoms with Crippen molar-refractivity contribution in [2.75, 3.05) is 20.6 Å². The molecule has 0 spiro atoms. The summed E-state index contributed by atoms with van der Waals surface area (Å²) in [5.74, 6) is -0.380. The number of carbonyl (C=O) groups excluding carboxylic acids is 2. The van der Waals surface area contributed by atoms with E-state index in [9.17, 15) is 9.59 Å². The van der Waals surface area contributed by atoms with Crippen molar-refractivity contribution in [1.82, 2.24) is 10.2 Å². The zero-order chi connectivity index (χ0) is 12.7. The lowest BCUT2D eigenvalue weighted by atomic mass is 10.1.